The summed E-state index contributed by atoms with van der Waals surface area (Å²) in [6.45, 7) is 13.6. The summed E-state index contributed by atoms with van der Waals surface area (Å²) in [7, 11) is 0. The molecule has 1 fully saturated rings. The molecule has 23 heavy (non-hydrogen) atoms. The van der Waals surface area contributed by atoms with Crippen LogP contribution in [0.15, 0.2) is 0 Å². The molecule has 1 saturated heterocycles. The van der Waals surface area contributed by atoms with Gasteiger partial charge in [0.1, 0.15) is 6.17 Å². The number of carbonyl (C=O) groups excluding carboxylic acids is 1. The second-order valence-corrected chi connectivity index (χ2v) is 7.21. The Balaban J connectivity index is 0.00000108. The Morgan fingerprint density at radius 3 is 2.39 bits per heavy atom. The van der Waals surface area contributed by atoms with Gasteiger partial charge in [-0.3, -0.25) is 4.79 Å². The standard InChI is InChI=1S/C14H27FN2O2.C4H10/c1-12(2)19-9-5-3-4-7-17-8-6-14(16-11-18)13(15)10-17;1-4(2)3/h11-14H,3-10H2,1-2H3,(H,16,18);4H,1-3H3. The largest absolute Gasteiger partial charge is 0.379 e. The molecule has 1 amide bonds. The van der Waals surface area contributed by atoms with E-state index < -0.39 is 6.17 Å². The van der Waals surface area contributed by atoms with Crippen LogP contribution >= 0.6 is 0 Å². The minimum Gasteiger partial charge on any atom is -0.379 e. The maximum absolute atomic E-state index is 13.7. The Labute approximate surface area is 142 Å². The van der Waals surface area contributed by atoms with Crippen molar-refractivity contribution in [3.63, 3.8) is 0 Å². The van der Waals surface area contributed by atoms with Crippen LogP contribution in [0.25, 0.3) is 0 Å². The highest BCUT2D eigenvalue weighted by Crippen LogP contribution is 2.14. The Hall–Kier alpha value is -0.680. The summed E-state index contributed by atoms with van der Waals surface area (Å²) in [4.78, 5) is 12.5. The predicted molar refractivity (Wildman–Crippen MR) is 94.4 cm³/mol. The van der Waals surface area contributed by atoms with Crippen LogP contribution in [0.2, 0.25) is 0 Å². The van der Waals surface area contributed by atoms with Crippen molar-refractivity contribution in [1.82, 2.24) is 10.2 Å². The second-order valence-electron chi connectivity index (χ2n) is 7.21. The fraction of sp³-hybridized carbons (Fsp3) is 0.944. The molecule has 138 valence electrons. The number of unbranched alkanes of at least 4 members (excludes halogenated alkanes) is 2. The first kappa shape index (κ1) is 22.3. The summed E-state index contributed by atoms with van der Waals surface area (Å²) in [6, 6.07) is -0.298. The number of amides is 1. The highest BCUT2D eigenvalue weighted by molar-refractivity contribution is 5.46. The quantitative estimate of drug-likeness (QED) is 0.520. The van der Waals surface area contributed by atoms with E-state index in [9.17, 15) is 9.18 Å². The maximum Gasteiger partial charge on any atom is 0.207 e. The lowest BCUT2D eigenvalue weighted by atomic mass is 10.0. The number of halogens is 1. The highest BCUT2D eigenvalue weighted by atomic mass is 19.1. The third-order valence-corrected chi connectivity index (χ3v) is 3.48. The molecule has 0 radical (unpaired) electrons. The molecule has 0 saturated carbocycles. The fourth-order valence-corrected chi connectivity index (χ4v) is 2.38. The van der Waals surface area contributed by atoms with Gasteiger partial charge in [0.15, 0.2) is 0 Å². The summed E-state index contributed by atoms with van der Waals surface area (Å²) in [6.07, 6.45) is 3.94. The van der Waals surface area contributed by atoms with E-state index >= 15 is 0 Å². The Kier molecular flexibility index (Phi) is 13.3. The van der Waals surface area contributed by atoms with Crippen molar-refractivity contribution in [2.45, 2.75) is 78.6 Å². The molecular formula is C18H37FN2O2. The van der Waals surface area contributed by atoms with Crippen LogP contribution in [-0.2, 0) is 9.53 Å². The van der Waals surface area contributed by atoms with E-state index in [1.54, 1.807) is 0 Å². The highest BCUT2D eigenvalue weighted by Gasteiger charge is 2.28. The summed E-state index contributed by atoms with van der Waals surface area (Å²) in [5, 5.41) is 2.55. The molecule has 0 aromatic rings. The second kappa shape index (κ2) is 13.7. The van der Waals surface area contributed by atoms with Crippen molar-refractivity contribution in [2.75, 3.05) is 26.2 Å². The van der Waals surface area contributed by atoms with Gasteiger partial charge in [0, 0.05) is 19.7 Å². The van der Waals surface area contributed by atoms with Crippen LogP contribution in [0.1, 0.15) is 60.3 Å². The minimum absolute atomic E-state index is 0.298. The molecule has 0 aromatic carbocycles. The van der Waals surface area contributed by atoms with Gasteiger partial charge >= 0.3 is 0 Å². The number of piperidine rings is 1. The Morgan fingerprint density at radius 1 is 1.22 bits per heavy atom. The number of hydrogen-bond donors (Lipinski definition) is 1. The third-order valence-electron chi connectivity index (χ3n) is 3.48. The van der Waals surface area contributed by atoms with Crippen LogP contribution in [0.5, 0.6) is 0 Å². The lowest BCUT2D eigenvalue weighted by Gasteiger charge is -2.34. The van der Waals surface area contributed by atoms with Crippen molar-refractivity contribution in [3.8, 4) is 0 Å². The molecular weight excluding hydrogens is 295 g/mol. The van der Waals surface area contributed by atoms with E-state index in [4.69, 9.17) is 4.74 Å². The summed E-state index contributed by atoms with van der Waals surface area (Å²) >= 11 is 0. The Bertz CT molecular complexity index is 285. The van der Waals surface area contributed by atoms with Gasteiger partial charge in [0.25, 0.3) is 0 Å². The van der Waals surface area contributed by atoms with E-state index in [0.29, 0.717) is 25.5 Å². The summed E-state index contributed by atoms with van der Waals surface area (Å²) in [5.41, 5.74) is 0. The average molecular weight is 333 g/mol. The number of rotatable bonds is 9. The number of alkyl halides is 1. The molecule has 1 aliphatic heterocycles. The van der Waals surface area contributed by atoms with Crippen LogP contribution < -0.4 is 5.32 Å². The number of ether oxygens (including phenoxy) is 1. The number of carbonyl (C=O) groups is 1. The van der Waals surface area contributed by atoms with Crippen LogP contribution in [0.4, 0.5) is 4.39 Å². The number of nitrogens with one attached hydrogen (secondary N) is 1. The first-order chi connectivity index (χ1) is 10.9. The molecule has 0 spiro atoms. The number of nitrogens with zero attached hydrogens (tertiary/aromatic N) is 1. The smallest absolute Gasteiger partial charge is 0.207 e. The summed E-state index contributed by atoms with van der Waals surface area (Å²) < 4.78 is 19.2. The first-order valence-electron chi connectivity index (χ1n) is 9.04. The zero-order valence-corrected chi connectivity index (χ0v) is 15.7. The molecule has 5 heteroatoms. The van der Waals surface area contributed by atoms with Gasteiger partial charge in [0.05, 0.1) is 12.1 Å². The van der Waals surface area contributed by atoms with Gasteiger partial charge in [-0.25, -0.2) is 4.39 Å². The lowest BCUT2D eigenvalue weighted by Crippen LogP contribution is -2.50. The molecule has 1 N–H and O–H groups in total. The minimum atomic E-state index is -0.941. The first-order valence-corrected chi connectivity index (χ1v) is 9.04. The number of hydrogen-bond acceptors (Lipinski definition) is 3. The fourth-order valence-electron chi connectivity index (χ4n) is 2.38. The van der Waals surface area contributed by atoms with E-state index in [1.807, 2.05) is 13.8 Å². The van der Waals surface area contributed by atoms with Gasteiger partial charge in [0.2, 0.25) is 6.41 Å². The average Bonchev–Trinajstić information content (AvgIpc) is 2.44. The predicted octanol–water partition coefficient (Wildman–Crippen LogP) is 3.40. The Morgan fingerprint density at radius 2 is 1.87 bits per heavy atom. The molecule has 2 unspecified atom stereocenters. The molecule has 0 bridgehead atoms. The monoisotopic (exact) mass is 332 g/mol. The molecule has 1 aliphatic rings. The van der Waals surface area contributed by atoms with Gasteiger partial charge in [-0.2, -0.15) is 0 Å². The van der Waals surface area contributed by atoms with Gasteiger partial charge in [-0.1, -0.05) is 20.8 Å². The van der Waals surface area contributed by atoms with E-state index in [2.05, 4.69) is 31.0 Å². The molecule has 1 rings (SSSR count). The van der Waals surface area contributed by atoms with Crippen molar-refractivity contribution in [2.24, 2.45) is 5.92 Å². The summed E-state index contributed by atoms with van der Waals surface area (Å²) in [5.74, 6) is 0.833. The van der Waals surface area contributed by atoms with Gasteiger partial charge in [-0.15, -0.1) is 0 Å². The molecule has 0 aromatic heterocycles. The maximum atomic E-state index is 13.7. The van der Waals surface area contributed by atoms with Crippen LogP contribution in [0, 0.1) is 5.92 Å². The van der Waals surface area contributed by atoms with Crippen LogP contribution in [0.3, 0.4) is 0 Å². The molecule has 0 aliphatic carbocycles. The van der Waals surface area contributed by atoms with Crippen molar-refractivity contribution >= 4 is 6.41 Å². The third kappa shape index (κ3) is 13.5. The topological polar surface area (TPSA) is 41.6 Å². The van der Waals surface area contributed by atoms with Gasteiger partial charge < -0.3 is 15.0 Å². The van der Waals surface area contributed by atoms with Crippen LogP contribution in [-0.4, -0.2) is 55.9 Å². The normalized spacial score (nSPS) is 21.9. The zero-order chi connectivity index (χ0) is 17.7. The van der Waals surface area contributed by atoms with E-state index in [1.165, 1.54) is 0 Å². The van der Waals surface area contributed by atoms with E-state index in [-0.39, 0.29) is 6.04 Å². The lowest BCUT2D eigenvalue weighted by molar-refractivity contribution is -0.111. The zero-order valence-electron chi connectivity index (χ0n) is 15.7. The van der Waals surface area contributed by atoms with Gasteiger partial charge in [-0.05, 0) is 52.0 Å². The molecule has 2 atom stereocenters. The molecule has 4 nitrogen and oxygen atoms in total. The van der Waals surface area contributed by atoms with Crippen molar-refractivity contribution in [3.05, 3.63) is 0 Å². The molecule has 1 heterocycles. The van der Waals surface area contributed by atoms with Crippen molar-refractivity contribution in [1.29, 1.82) is 0 Å². The van der Waals surface area contributed by atoms with Crippen molar-refractivity contribution < 1.29 is 13.9 Å². The number of likely N-dealkylation sites (tertiary alicyclic amines) is 1. The van der Waals surface area contributed by atoms with E-state index in [0.717, 1.165) is 44.9 Å². The SMILES string of the molecule is CC(C)C.CC(C)OCCCCCN1CCC(NC=O)C(F)C1.